The molecule has 3 atom stereocenters. The lowest BCUT2D eigenvalue weighted by atomic mass is 10.0. The van der Waals surface area contributed by atoms with Gasteiger partial charge in [0.05, 0.1) is 12.2 Å². The van der Waals surface area contributed by atoms with Gasteiger partial charge in [0.15, 0.2) is 8.32 Å². The zero-order valence-corrected chi connectivity index (χ0v) is 30.1. The fourth-order valence-corrected chi connectivity index (χ4v) is 11.4. The summed E-state index contributed by atoms with van der Waals surface area (Å²) in [6.45, 7) is 23.2. The van der Waals surface area contributed by atoms with Gasteiger partial charge in [0, 0.05) is 26.9 Å². The van der Waals surface area contributed by atoms with Crippen molar-refractivity contribution >= 4 is 27.0 Å². The van der Waals surface area contributed by atoms with Gasteiger partial charge in [-0.05, 0) is 59.2 Å². The highest BCUT2D eigenvalue weighted by Crippen LogP contribution is 2.39. The molecule has 0 N–H and O–H groups in total. The summed E-state index contributed by atoms with van der Waals surface area (Å²) in [5, 5.41) is 2.61. The summed E-state index contributed by atoms with van der Waals surface area (Å²) in [7, 11) is -1.18. The van der Waals surface area contributed by atoms with E-state index in [2.05, 4.69) is 122 Å². The molecular weight excluding hydrogens is 557 g/mol. The van der Waals surface area contributed by atoms with Crippen LogP contribution >= 0.6 is 0 Å². The number of methoxy groups -OCH3 is 2. The highest BCUT2D eigenvalue weighted by atomic mass is 28.4. The number of rotatable bonds is 18. The molecule has 0 bridgehead atoms. The summed E-state index contributed by atoms with van der Waals surface area (Å²) in [5.74, 6) is 0. The standard InChI is InChI=1S/C35H58O5Si2/c1-12-19-30(38-28-36-8)27-31(40-41(10,11)34(2,3)4)26-29(37-9)24-25-39-42(35(5,6)7,32-20-15-13-16-21-32)33-22-17-14-18-23-33/h12-18,20-23,29-31H,1,19,24-28H2,2-11H3/t29-,30+,31-/m1/s1. The summed E-state index contributed by atoms with van der Waals surface area (Å²) in [5.41, 5.74) is 0. The van der Waals surface area contributed by atoms with Crippen LogP contribution in [0.5, 0.6) is 0 Å². The van der Waals surface area contributed by atoms with Crippen molar-refractivity contribution in [1.82, 2.24) is 0 Å². The Bertz CT molecular complexity index is 991. The second-order valence-corrected chi connectivity index (χ2v) is 22.9. The first-order valence-corrected chi connectivity index (χ1v) is 20.2. The fraction of sp³-hybridized carbons (Fsp3) is 0.600. The number of hydrogen-bond acceptors (Lipinski definition) is 5. The molecule has 42 heavy (non-hydrogen) atoms. The van der Waals surface area contributed by atoms with Crippen LogP contribution in [0.1, 0.15) is 67.2 Å². The fourth-order valence-electron chi connectivity index (χ4n) is 5.39. The Labute approximate surface area is 259 Å². The van der Waals surface area contributed by atoms with Gasteiger partial charge in [0.2, 0.25) is 0 Å². The maximum atomic E-state index is 7.18. The third kappa shape index (κ3) is 9.98. The number of ether oxygens (including phenoxy) is 3. The maximum absolute atomic E-state index is 7.18. The molecule has 0 saturated heterocycles. The molecule has 2 aromatic carbocycles. The summed E-state index contributed by atoms with van der Waals surface area (Å²) >= 11 is 0. The van der Waals surface area contributed by atoms with E-state index in [1.165, 1.54) is 10.4 Å². The molecule has 7 heteroatoms. The normalized spacial score (nSPS) is 15.3. The molecule has 5 nitrogen and oxygen atoms in total. The summed E-state index contributed by atoms with van der Waals surface area (Å²) in [6, 6.07) is 21.6. The van der Waals surface area contributed by atoms with Gasteiger partial charge in [-0.2, -0.15) is 0 Å². The highest BCUT2D eigenvalue weighted by Gasteiger charge is 2.50. The lowest BCUT2D eigenvalue weighted by molar-refractivity contribution is -0.0852. The van der Waals surface area contributed by atoms with Crippen LogP contribution in [0, 0.1) is 0 Å². The van der Waals surface area contributed by atoms with Crippen molar-refractivity contribution in [3.8, 4) is 0 Å². The molecule has 0 heterocycles. The monoisotopic (exact) mass is 614 g/mol. The topological polar surface area (TPSA) is 46.2 Å². The van der Waals surface area contributed by atoms with Crippen molar-refractivity contribution in [2.75, 3.05) is 27.6 Å². The minimum absolute atomic E-state index is 0.00878. The van der Waals surface area contributed by atoms with Gasteiger partial charge < -0.3 is 23.1 Å². The average Bonchev–Trinajstić information content (AvgIpc) is 2.93. The predicted molar refractivity (Wildman–Crippen MR) is 182 cm³/mol. The van der Waals surface area contributed by atoms with Crippen LogP contribution in [0.2, 0.25) is 23.2 Å². The van der Waals surface area contributed by atoms with Crippen molar-refractivity contribution in [2.45, 2.75) is 109 Å². The number of hydrogen-bond donors (Lipinski definition) is 0. The Kier molecular flexibility index (Phi) is 14.4. The van der Waals surface area contributed by atoms with Crippen molar-refractivity contribution in [3.05, 3.63) is 73.3 Å². The van der Waals surface area contributed by atoms with Crippen LogP contribution in [0.15, 0.2) is 73.3 Å². The van der Waals surface area contributed by atoms with Crippen LogP contribution in [-0.2, 0) is 23.1 Å². The third-order valence-electron chi connectivity index (χ3n) is 8.68. The largest absolute Gasteiger partial charge is 0.414 e. The molecule has 0 aliphatic carbocycles. The van der Waals surface area contributed by atoms with Gasteiger partial charge in [-0.15, -0.1) is 6.58 Å². The molecule has 236 valence electrons. The van der Waals surface area contributed by atoms with Crippen molar-refractivity contribution in [3.63, 3.8) is 0 Å². The molecule has 0 unspecified atom stereocenters. The van der Waals surface area contributed by atoms with Gasteiger partial charge in [0.1, 0.15) is 6.79 Å². The van der Waals surface area contributed by atoms with Crippen LogP contribution in [0.3, 0.4) is 0 Å². The Morgan fingerprint density at radius 3 is 1.71 bits per heavy atom. The zero-order chi connectivity index (χ0) is 31.4. The molecule has 0 fully saturated rings. The van der Waals surface area contributed by atoms with Crippen LogP contribution in [0.4, 0.5) is 0 Å². The molecule has 0 amide bonds. The van der Waals surface area contributed by atoms with Crippen LogP contribution in [0.25, 0.3) is 0 Å². The lowest BCUT2D eigenvalue weighted by Crippen LogP contribution is -2.66. The third-order valence-corrected chi connectivity index (χ3v) is 18.3. The van der Waals surface area contributed by atoms with E-state index >= 15 is 0 Å². The predicted octanol–water partition coefficient (Wildman–Crippen LogP) is 7.70. The van der Waals surface area contributed by atoms with Crippen molar-refractivity contribution in [2.24, 2.45) is 0 Å². The van der Waals surface area contributed by atoms with Gasteiger partial charge in [-0.25, -0.2) is 0 Å². The van der Waals surface area contributed by atoms with Gasteiger partial charge in [-0.1, -0.05) is 108 Å². The van der Waals surface area contributed by atoms with Gasteiger partial charge in [0.25, 0.3) is 8.32 Å². The van der Waals surface area contributed by atoms with Gasteiger partial charge in [-0.3, -0.25) is 0 Å². The van der Waals surface area contributed by atoms with Crippen LogP contribution in [-0.4, -0.2) is 62.6 Å². The molecule has 0 radical (unpaired) electrons. The van der Waals surface area contributed by atoms with E-state index in [1.54, 1.807) is 14.2 Å². The molecule has 2 aromatic rings. The molecule has 0 aromatic heterocycles. The van der Waals surface area contributed by atoms with E-state index in [-0.39, 0.29) is 35.2 Å². The van der Waals surface area contributed by atoms with Gasteiger partial charge >= 0.3 is 0 Å². The maximum Gasteiger partial charge on any atom is 0.261 e. The van der Waals surface area contributed by atoms with E-state index in [4.69, 9.17) is 23.1 Å². The molecular formula is C35H58O5Si2. The van der Waals surface area contributed by atoms with E-state index in [0.717, 1.165) is 25.7 Å². The number of benzene rings is 2. The first-order valence-electron chi connectivity index (χ1n) is 15.4. The average molecular weight is 615 g/mol. The summed E-state index contributed by atoms with van der Waals surface area (Å²) in [6.07, 6.45) is 4.93. The SMILES string of the molecule is C=CC[C@@H](C[C@@H](C[C@@H](CCO[Si](c1ccccc1)(c1ccccc1)C(C)(C)C)OC)O[Si](C)(C)C(C)(C)C)OCOC. The quantitative estimate of drug-likeness (QED) is 0.0978. The summed E-state index contributed by atoms with van der Waals surface area (Å²) in [4.78, 5) is 0. The first kappa shape index (κ1) is 36.6. The molecule has 2 rings (SSSR count). The second-order valence-electron chi connectivity index (χ2n) is 13.8. The van der Waals surface area contributed by atoms with E-state index in [9.17, 15) is 0 Å². The Morgan fingerprint density at radius 1 is 0.762 bits per heavy atom. The Balaban J connectivity index is 2.32. The minimum Gasteiger partial charge on any atom is -0.414 e. The molecule has 0 aliphatic rings. The second kappa shape index (κ2) is 16.5. The van der Waals surface area contributed by atoms with E-state index in [1.807, 2.05) is 6.08 Å². The van der Waals surface area contributed by atoms with Crippen molar-refractivity contribution in [1.29, 1.82) is 0 Å². The Morgan fingerprint density at radius 2 is 1.29 bits per heavy atom. The zero-order valence-electron chi connectivity index (χ0n) is 28.1. The molecule has 0 saturated carbocycles. The lowest BCUT2D eigenvalue weighted by Gasteiger charge is -2.43. The smallest absolute Gasteiger partial charge is 0.261 e. The van der Waals surface area contributed by atoms with Crippen LogP contribution < -0.4 is 10.4 Å². The summed E-state index contributed by atoms with van der Waals surface area (Å²) < 4.78 is 31.5. The first-order chi connectivity index (χ1) is 19.7. The highest BCUT2D eigenvalue weighted by molar-refractivity contribution is 6.99. The molecule has 0 aliphatic heterocycles. The minimum atomic E-state index is -2.61. The molecule has 0 spiro atoms. The van der Waals surface area contributed by atoms with E-state index in [0.29, 0.717) is 6.61 Å². The van der Waals surface area contributed by atoms with Crippen molar-refractivity contribution < 1.29 is 23.1 Å². The Hall–Kier alpha value is -1.59. The van der Waals surface area contributed by atoms with E-state index < -0.39 is 16.6 Å².